The summed E-state index contributed by atoms with van der Waals surface area (Å²) in [6.07, 6.45) is 3.42. The van der Waals surface area contributed by atoms with Crippen molar-refractivity contribution in [3.05, 3.63) is 81.4 Å². The Morgan fingerprint density at radius 3 is 2.43 bits per heavy atom. The number of halogens is 1. The van der Waals surface area contributed by atoms with Gasteiger partial charge in [-0.3, -0.25) is 43.9 Å². The van der Waals surface area contributed by atoms with Crippen molar-refractivity contribution in [2.24, 2.45) is 5.41 Å². The molecule has 0 bridgehead atoms. The molecule has 0 spiro atoms. The molecule has 1 aromatic heterocycles. The Morgan fingerprint density at radius 2 is 1.68 bits per heavy atom. The van der Waals surface area contributed by atoms with Crippen molar-refractivity contribution in [3.63, 3.8) is 0 Å². The molecule has 3 fully saturated rings. The molecule has 1 saturated carbocycles. The van der Waals surface area contributed by atoms with Gasteiger partial charge in [-0.2, -0.15) is 0 Å². The highest BCUT2D eigenvalue weighted by Gasteiger charge is 2.46. The molecule has 4 aliphatic heterocycles. The number of rotatable bonds is 7. The Balaban J connectivity index is 0.820. The third-order valence-electron chi connectivity index (χ3n) is 11.8. The number of fused-ring (bicyclic) bond motifs is 3. The molecule has 14 heteroatoms. The number of hydrogen-bond acceptors (Lipinski definition) is 8. The number of aromatic nitrogens is 1. The fourth-order valence-corrected chi connectivity index (χ4v) is 8.77. The normalized spacial score (nSPS) is 23.2. The third kappa shape index (κ3) is 5.54. The van der Waals surface area contributed by atoms with E-state index in [1.54, 1.807) is 18.2 Å². The molecule has 5 heterocycles. The molecule has 6 aliphatic rings. The van der Waals surface area contributed by atoms with Gasteiger partial charge in [-0.05, 0) is 86.6 Å². The van der Waals surface area contributed by atoms with Gasteiger partial charge in [-0.15, -0.1) is 0 Å². The maximum Gasteiger partial charge on any atom is 0.262 e. The van der Waals surface area contributed by atoms with Crippen LogP contribution in [0.5, 0.6) is 0 Å². The first-order valence-corrected chi connectivity index (χ1v) is 18.2. The molecule has 1 atom stereocenters. The number of imide groups is 2. The Morgan fingerprint density at radius 1 is 0.906 bits per heavy atom. The van der Waals surface area contributed by atoms with Crippen LogP contribution in [-0.4, -0.2) is 95.5 Å². The van der Waals surface area contributed by atoms with E-state index in [2.05, 4.69) is 30.7 Å². The van der Waals surface area contributed by atoms with Crippen molar-refractivity contribution < 1.29 is 33.2 Å². The lowest BCUT2D eigenvalue weighted by molar-refractivity contribution is -0.136. The van der Waals surface area contributed by atoms with Crippen molar-refractivity contribution in [1.29, 1.82) is 0 Å². The number of nitrogens with one attached hydrogen (secondary N) is 4. The van der Waals surface area contributed by atoms with E-state index < -0.39 is 35.5 Å². The molecule has 9 rings (SSSR count). The summed E-state index contributed by atoms with van der Waals surface area (Å²) in [6, 6.07) is 8.50. The van der Waals surface area contributed by atoms with Crippen molar-refractivity contribution in [1.82, 2.24) is 25.4 Å². The van der Waals surface area contributed by atoms with Gasteiger partial charge in [0.1, 0.15) is 11.9 Å². The first-order chi connectivity index (χ1) is 25.5. The number of aryl methyl sites for hydroxylation is 1. The lowest BCUT2D eigenvalue weighted by Gasteiger charge is -2.38. The zero-order valence-electron chi connectivity index (χ0n) is 29.2. The SMILES string of the molecule is Cc1[nH]c2c(c1C(=O)NCC1(CN3CCN(c4ccc5c(c4)C(=O)N(C4CCC(=O)NC4=O)C5=O)CC3)CC1)CC/C2=C1/C(=O)Nc2ccc(F)cc21. The Bertz CT molecular complexity index is 2210. The molecule has 53 heavy (non-hydrogen) atoms. The standard InChI is InChI=1S/C39H38FN7O6/c1-20-31(24-5-6-25(33(24)42-20)32-27-16-21(40)2-7-28(27)43-36(32)51)35(50)41-18-39(10-11-39)19-45-12-14-46(15-13-45)22-3-4-23-26(17-22)38(53)47(37(23)52)29-8-9-30(48)44-34(29)49/h2-4,7,16-17,29,42H,5-6,8-15,18-19H2,1H3,(H,41,50)(H,43,51)(H,44,48,49)/b32-25-. The highest BCUT2D eigenvalue weighted by Crippen LogP contribution is 2.47. The fraction of sp³-hybridized carbons (Fsp3) is 0.385. The number of piperidine rings is 1. The third-order valence-corrected chi connectivity index (χ3v) is 11.8. The molecule has 2 aromatic carbocycles. The molecule has 1 unspecified atom stereocenters. The van der Waals surface area contributed by atoms with Crippen molar-refractivity contribution in [3.8, 4) is 0 Å². The Labute approximate surface area is 303 Å². The quantitative estimate of drug-likeness (QED) is 0.214. The minimum absolute atomic E-state index is 0.00605. The van der Waals surface area contributed by atoms with Gasteiger partial charge in [-0.1, -0.05) is 0 Å². The van der Waals surface area contributed by atoms with Crippen LogP contribution in [0.1, 0.15) is 85.7 Å². The summed E-state index contributed by atoms with van der Waals surface area (Å²) in [4.78, 5) is 86.0. The van der Waals surface area contributed by atoms with Gasteiger partial charge >= 0.3 is 0 Å². The fourth-order valence-electron chi connectivity index (χ4n) is 8.77. The molecular weight excluding hydrogens is 681 g/mol. The van der Waals surface area contributed by atoms with Gasteiger partial charge in [-0.25, -0.2) is 4.39 Å². The van der Waals surface area contributed by atoms with Gasteiger partial charge in [0.25, 0.3) is 23.6 Å². The number of benzene rings is 2. The molecule has 0 radical (unpaired) electrons. The number of piperazine rings is 1. The lowest BCUT2D eigenvalue weighted by atomic mass is 9.99. The van der Waals surface area contributed by atoms with E-state index in [0.717, 1.165) is 78.7 Å². The summed E-state index contributed by atoms with van der Waals surface area (Å²) < 4.78 is 14.1. The van der Waals surface area contributed by atoms with Crippen LogP contribution in [0.15, 0.2) is 36.4 Å². The smallest absolute Gasteiger partial charge is 0.262 e. The van der Waals surface area contributed by atoms with Crippen molar-refractivity contribution in [2.45, 2.75) is 51.5 Å². The van der Waals surface area contributed by atoms with Crippen LogP contribution in [0.4, 0.5) is 15.8 Å². The van der Waals surface area contributed by atoms with Crippen LogP contribution >= 0.6 is 0 Å². The number of carbonyl (C=O) groups is 6. The number of carbonyl (C=O) groups excluding carboxylic acids is 6. The second-order valence-electron chi connectivity index (χ2n) is 15.1. The van der Waals surface area contributed by atoms with E-state index in [9.17, 15) is 33.2 Å². The molecule has 2 aliphatic carbocycles. The van der Waals surface area contributed by atoms with Crippen molar-refractivity contribution in [2.75, 3.05) is 49.5 Å². The van der Waals surface area contributed by atoms with Gasteiger partial charge in [0.15, 0.2) is 0 Å². The molecule has 272 valence electrons. The Hall–Kier alpha value is -5.63. The van der Waals surface area contributed by atoms with Crippen LogP contribution < -0.4 is 20.9 Å². The summed E-state index contributed by atoms with van der Waals surface area (Å²) in [6.45, 7) is 6.32. The van der Waals surface area contributed by atoms with Crippen LogP contribution in [0.3, 0.4) is 0 Å². The minimum Gasteiger partial charge on any atom is -0.369 e. The second-order valence-corrected chi connectivity index (χ2v) is 15.1. The van der Waals surface area contributed by atoms with E-state index >= 15 is 0 Å². The number of anilines is 2. The molecule has 6 amide bonds. The van der Waals surface area contributed by atoms with Crippen LogP contribution in [0.25, 0.3) is 11.1 Å². The predicted octanol–water partition coefficient (Wildman–Crippen LogP) is 3.00. The first kappa shape index (κ1) is 33.2. The average molecular weight is 720 g/mol. The minimum atomic E-state index is -0.997. The average Bonchev–Trinajstić information content (AvgIpc) is 3.34. The molecular formula is C39H38FN7O6. The number of hydrogen-bond donors (Lipinski definition) is 4. The lowest BCUT2D eigenvalue weighted by Crippen LogP contribution is -2.54. The van der Waals surface area contributed by atoms with Crippen LogP contribution in [0, 0.1) is 18.2 Å². The first-order valence-electron chi connectivity index (χ1n) is 18.2. The van der Waals surface area contributed by atoms with E-state index in [4.69, 9.17) is 0 Å². The summed E-state index contributed by atoms with van der Waals surface area (Å²) in [5.41, 5.74) is 6.78. The Kier molecular flexibility index (Phi) is 7.66. The van der Waals surface area contributed by atoms with E-state index in [-0.39, 0.29) is 41.2 Å². The van der Waals surface area contributed by atoms with Gasteiger partial charge in [0.05, 0.1) is 22.3 Å². The maximum atomic E-state index is 14.1. The predicted molar refractivity (Wildman–Crippen MR) is 191 cm³/mol. The van der Waals surface area contributed by atoms with Gasteiger partial charge in [0, 0.05) is 79.4 Å². The summed E-state index contributed by atoms with van der Waals surface area (Å²) in [5, 5.41) is 8.28. The largest absolute Gasteiger partial charge is 0.369 e. The van der Waals surface area contributed by atoms with Gasteiger partial charge < -0.3 is 20.5 Å². The second kappa shape index (κ2) is 12.2. The van der Waals surface area contributed by atoms with E-state index in [0.29, 0.717) is 41.8 Å². The van der Waals surface area contributed by atoms with Crippen LogP contribution in [0.2, 0.25) is 0 Å². The number of nitrogens with zero attached hydrogens (tertiary/aromatic N) is 3. The number of amides is 6. The van der Waals surface area contributed by atoms with Crippen molar-refractivity contribution >= 4 is 58.0 Å². The number of aromatic amines is 1. The van der Waals surface area contributed by atoms with E-state index in [1.165, 1.54) is 12.1 Å². The summed E-state index contributed by atoms with van der Waals surface area (Å²) in [5.74, 6) is -2.87. The topological polar surface area (TPSA) is 164 Å². The highest BCUT2D eigenvalue weighted by molar-refractivity contribution is 6.37. The van der Waals surface area contributed by atoms with Gasteiger partial charge in [0.2, 0.25) is 11.8 Å². The number of H-pyrrole nitrogens is 1. The monoisotopic (exact) mass is 719 g/mol. The number of allylic oxidation sites excluding steroid dienone is 1. The summed E-state index contributed by atoms with van der Waals surface area (Å²) >= 11 is 0. The highest BCUT2D eigenvalue weighted by atomic mass is 19.1. The molecule has 13 nitrogen and oxygen atoms in total. The zero-order valence-corrected chi connectivity index (χ0v) is 29.2. The van der Waals surface area contributed by atoms with E-state index in [1.807, 2.05) is 13.0 Å². The molecule has 4 N–H and O–H groups in total. The summed E-state index contributed by atoms with van der Waals surface area (Å²) in [7, 11) is 0. The molecule has 2 saturated heterocycles. The molecule has 3 aromatic rings. The zero-order chi connectivity index (χ0) is 36.8. The maximum absolute atomic E-state index is 14.1. The van der Waals surface area contributed by atoms with Crippen LogP contribution in [-0.2, 0) is 20.8 Å².